The van der Waals surface area contributed by atoms with Crippen LogP contribution in [0, 0.1) is 0 Å². The quantitative estimate of drug-likeness (QED) is 0.455. The van der Waals surface area contributed by atoms with Crippen molar-refractivity contribution < 1.29 is 9.53 Å². The third kappa shape index (κ3) is 4.32. The molecular formula is C19H24O2. The standard InChI is InChI=1S/C19H24O2/c1-2-3-4-5-6-9-14-21-19-13-12-16(15-20)17-10-7-8-11-18(17)19/h7-8,10-13,15H,2-6,9,14H2,1H3. The highest BCUT2D eigenvalue weighted by molar-refractivity contribution is 6.00. The van der Waals surface area contributed by atoms with E-state index in [1.807, 2.05) is 36.4 Å². The van der Waals surface area contributed by atoms with Crippen molar-refractivity contribution in [1.82, 2.24) is 0 Å². The lowest BCUT2D eigenvalue weighted by Crippen LogP contribution is -1.98. The summed E-state index contributed by atoms with van der Waals surface area (Å²) in [6.07, 6.45) is 8.46. The van der Waals surface area contributed by atoms with E-state index >= 15 is 0 Å². The molecule has 0 aliphatic rings. The summed E-state index contributed by atoms with van der Waals surface area (Å²) < 4.78 is 5.91. The third-order valence-corrected chi connectivity index (χ3v) is 3.80. The van der Waals surface area contributed by atoms with Crippen LogP contribution in [0.1, 0.15) is 55.8 Å². The molecule has 2 aromatic rings. The Hall–Kier alpha value is -1.83. The highest BCUT2D eigenvalue weighted by atomic mass is 16.5. The maximum atomic E-state index is 11.1. The summed E-state index contributed by atoms with van der Waals surface area (Å²) in [5, 5.41) is 1.99. The van der Waals surface area contributed by atoms with Crippen molar-refractivity contribution in [2.24, 2.45) is 0 Å². The zero-order valence-corrected chi connectivity index (χ0v) is 12.8. The number of aldehydes is 1. The summed E-state index contributed by atoms with van der Waals surface area (Å²) >= 11 is 0. The van der Waals surface area contributed by atoms with Crippen LogP contribution in [0.5, 0.6) is 5.75 Å². The van der Waals surface area contributed by atoms with Gasteiger partial charge in [0, 0.05) is 10.9 Å². The molecule has 2 rings (SSSR count). The molecule has 112 valence electrons. The summed E-state index contributed by atoms with van der Waals surface area (Å²) in [6.45, 7) is 2.98. The maximum Gasteiger partial charge on any atom is 0.150 e. The molecule has 2 nitrogen and oxygen atoms in total. The number of carbonyl (C=O) groups is 1. The lowest BCUT2D eigenvalue weighted by molar-refractivity contribution is 0.112. The minimum absolute atomic E-state index is 0.720. The van der Waals surface area contributed by atoms with E-state index < -0.39 is 0 Å². The van der Waals surface area contributed by atoms with Crippen LogP contribution in [-0.4, -0.2) is 12.9 Å². The first kappa shape index (κ1) is 15.6. The van der Waals surface area contributed by atoms with Gasteiger partial charge in [-0.05, 0) is 23.9 Å². The Balaban J connectivity index is 1.92. The fraction of sp³-hybridized carbons (Fsp3) is 0.421. The van der Waals surface area contributed by atoms with Crippen molar-refractivity contribution >= 4 is 17.1 Å². The summed E-state index contributed by atoms with van der Waals surface area (Å²) in [7, 11) is 0. The highest BCUT2D eigenvalue weighted by Crippen LogP contribution is 2.28. The monoisotopic (exact) mass is 284 g/mol. The van der Waals surface area contributed by atoms with Crippen LogP contribution in [0.2, 0.25) is 0 Å². The SMILES string of the molecule is CCCCCCCCOc1ccc(C=O)c2ccccc12. The van der Waals surface area contributed by atoms with Crippen molar-refractivity contribution in [2.75, 3.05) is 6.61 Å². The molecule has 21 heavy (non-hydrogen) atoms. The van der Waals surface area contributed by atoms with Crippen LogP contribution in [0.3, 0.4) is 0 Å². The molecule has 0 bridgehead atoms. The minimum atomic E-state index is 0.720. The number of carbonyl (C=O) groups excluding carboxylic acids is 1. The number of hydrogen-bond donors (Lipinski definition) is 0. The average Bonchev–Trinajstić information content (AvgIpc) is 2.54. The van der Waals surface area contributed by atoms with Gasteiger partial charge in [-0.3, -0.25) is 4.79 Å². The van der Waals surface area contributed by atoms with Crippen molar-refractivity contribution in [1.29, 1.82) is 0 Å². The van der Waals surface area contributed by atoms with E-state index in [0.717, 1.165) is 41.4 Å². The molecule has 0 aliphatic heterocycles. The van der Waals surface area contributed by atoms with Gasteiger partial charge < -0.3 is 4.74 Å². The molecule has 0 fully saturated rings. The van der Waals surface area contributed by atoms with E-state index in [4.69, 9.17) is 4.74 Å². The molecule has 0 heterocycles. The Morgan fingerprint density at radius 1 is 0.905 bits per heavy atom. The largest absolute Gasteiger partial charge is 0.493 e. The van der Waals surface area contributed by atoms with Gasteiger partial charge in [-0.1, -0.05) is 63.3 Å². The molecule has 0 aromatic heterocycles. The zero-order chi connectivity index (χ0) is 14.9. The Bertz CT molecular complexity index is 575. The number of fused-ring (bicyclic) bond motifs is 1. The Labute approximate surface area is 127 Å². The van der Waals surface area contributed by atoms with Gasteiger partial charge in [-0.15, -0.1) is 0 Å². The van der Waals surface area contributed by atoms with Crippen molar-refractivity contribution in [3.05, 3.63) is 42.0 Å². The molecule has 0 saturated heterocycles. The normalized spacial score (nSPS) is 10.7. The van der Waals surface area contributed by atoms with E-state index in [9.17, 15) is 4.79 Å². The first-order valence-electron chi connectivity index (χ1n) is 7.96. The number of unbranched alkanes of at least 4 members (excludes halogenated alkanes) is 5. The van der Waals surface area contributed by atoms with Crippen LogP contribution in [0.25, 0.3) is 10.8 Å². The zero-order valence-electron chi connectivity index (χ0n) is 12.8. The van der Waals surface area contributed by atoms with Crippen molar-refractivity contribution in [3.63, 3.8) is 0 Å². The minimum Gasteiger partial charge on any atom is -0.493 e. The van der Waals surface area contributed by atoms with Crippen LogP contribution in [-0.2, 0) is 0 Å². The molecule has 0 atom stereocenters. The van der Waals surface area contributed by atoms with Gasteiger partial charge in [-0.2, -0.15) is 0 Å². The fourth-order valence-corrected chi connectivity index (χ4v) is 2.59. The van der Waals surface area contributed by atoms with Crippen molar-refractivity contribution in [3.8, 4) is 5.75 Å². The maximum absolute atomic E-state index is 11.1. The van der Waals surface area contributed by atoms with Crippen molar-refractivity contribution in [2.45, 2.75) is 45.4 Å². The average molecular weight is 284 g/mol. The van der Waals surface area contributed by atoms with Gasteiger partial charge in [0.1, 0.15) is 5.75 Å². The number of ether oxygens (including phenoxy) is 1. The topological polar surface area (TPSA) is 26.3 Å². The van der Waals surface area contributed by atoms with Gasteiger partial charge >= 0.3 is 0 Å². The van der Waals surface area contributed by atoms with E-state index in [-0.39, 0.29) is 0 Å². The van der Waals surface area contributed by atoms with E-state index in [1.54, 1.807) is 0 Å². The lowest BCUT2D eigenvalue weighted by Gasteiger charge is -2.10. The molecule has 0 N–H and O–H groups in total. The third-order valence-electron chi connectivity index (χ3n) is 3.80. The van der Waals surface area contributed by atoms with Gasteiger partial charge in [0.25, 0.3) is 0 Å². The second-order valence-corrected chi connectivity index (χ2v) is 5.43. The molecular weight excluding hydrogens is 260 g/mol. The summed E-state index contributed by atoms with van der Waals surface area (Å²) in [5.41, 5.74) is 0.720. The summed E-state index contributed by atoms with van der Waals surface area (Å²) in [5.74, 6) is 0.879. The second kappa shape index (κ2) is 8.46. The molecule has 0 aliphatic carbocycles. The summed E-state index contributed by atoms with van der Waals surface area (Å²) in [4.78, 5) is 11.1. The molecule has 0 amide bonds. The van der Waals surface area contributed by atoms with Crippen LogP contribution in [0.4, 0.5) is 0 Å². The first-order valence-corrected chi connectivity index (χ1v) is 7.96. The predicted octanol–water partition coefficient (Wildman–Crippen LogP) is 5.39. The predicted molar refractivity (Wildman–Crippen MR) is 88.2 cm³/mol. The van der Waals surface area contributed by atoms with Gasteiger partial charge in [0.05, 0.1) is 6.61 Å². The smallest absolute Gasteiger partial charge is 0.150 e. The van der Waals surface area contributed by atoms with E-state index in [2.05, 4.69) is 6.92 Å². The molecule has 0 radical (unpaired) electrons. The van der Waals surface area contributed by atoms with Crippen LogP contribution < -0.4 is 4.74 Å². The van der Waals surface area contributed by atoms with Gasteiger partial charge in [0.15, 0.2) is 6.29 Å². The number of rotatable bonds is 9. The Kier molecular flexibility index (Phi) is 6.26. The molecule has 0 saturated carbocycles. The van der Waals surface area contributed by atoms with Crippen LogP contribution >= 0.6 is 0 Å². The van der Waals surface area contributed by atoms with Crippen LogP contribution in [0.15, 0.2) is 36.4 Å². The summed E-state index contributed by atoms with van der Waals surface area (Å²) in [6, 6.07) is 11.7. The van der Waals surface area contributed by atoms with E-state index in [0.29, 0.717) is 0 Å². The van der Waals surface area contributed by atoms with E-state index in [1.165, 1.54) is 32.1 Å². The molecule has 0 spiro atoms. The molecule has 0 unspecified atom stereocenters. The molecule has 2 heteroatoms. The Morgan fingerprint density at radius 3 is 2.38 bits per heavy atom. The number of hydrogen-bond acceptors (Lipinski definition) is 2. The fourth-order valence-electron chi connectivity index (χ4n) is 2.59. The van der Waals surface area contributed by atoms with Gasteiger partial charge in [0.2, 0.25) is 0 Å². The highest BCUT2D eigenvalue weighted by Gasteiger charge is 2.05. The first-order chi connectivity index (χ1) is 10.4. The lowest BCUT2D eigenvalue weighted by atomic mass is 10.0. The number of benzene rings is 2. The second-order valence-electron chi connectivity index (χ2n) is 5.43. The Morgan fingerprint density at radius 2 is 1.62 bits per heavy atom. The molecule has 2 aromatic carbocycles. The van der Waals surface area contributed by atoms with Gasteiger partial charge in [-0.25, -0.2) is 0 Å².